The summed E-state index contributed by atoms with van der Waals surface area (Å²) in [5.74, 6) is 0.966. The Morgan fingerprint density at radius 2 is 2.53 bits per heavy atom. The van der Waals surface area contributed by atoms with Gasteiger partial charge in [0.15, 0.2) is 0 Å². The quantitative estimate of drug-likeness (QED) is 0.757. The van der Waals surface area contributed by atoms with Crippen LogP contribution >= 0.6 is 23.1 Å². The maximum atomic E-state index is 12.3. The molecule has 0 unspecified atom stereocenters. The van der Waals surface area contributed by atoms with Crippen LogP contribution in [-0.2, 0) is 9.53 Å². The van der Waals surface area contributed by atoms with E-state index in [1.54, 1.807) is 22.7 Å². The second-order valence-corrected chi connectivity index (χ2v) is 6.29. The number of nitriles is 1. The number of rotatable bonds is 6. The van der Waals surface area contributed by atoms with Gasteiger partial charge in [-0.2, -0.15) is 5.26 Å². The third kappa shape index (κ3) is 3.30. The fraction of sp³-hybridized carbons (Fsp3) is 0.538. The minimum absolute atomic E-state index is 0.00842. The summed E-state index contributed by atoms with van der Waals surface area (Å²) in [4.78, 5) is 14.0. The summed E-state index contributed by atoms with van der Waals surface area (Å²) in [7, 11) is 0. The zero-order chi connectivity index (χ0) is 13.7. The van der Waals surface area contributed by atoms with Gasteiger partial charge in [-0.3, -0.25) is 4.79 Å². The van der Waals surface area contributed by atoms with Crippen molar-refractivity contribution < 1.29 is 9.53 Å². The first kappa shape index (κ1) is 14.4. The molecule has 0 aromatic carbocycles. The summed E-state index contributed by atoms with van der Waals surface area (Å²) >= 11 is 3.11. The molecule has 0 aliphatic carbocycles. The predicted octanol–water partition coefficient (Wildman–Crippen LogP) is 2.49. The molecule has 19 heavy (non-hydrogen) atoms. The number of ether oxygens (including phenoxy) is 1. The lowest BCUT2D eigenvalue weighted by molar-refractivity contribution is -0.116. The van der Waals surface area contributed by atoms with Crippen LogP contribution in [0.15, 0.2) is 11.4 Å². The van der Waals surface area contributed by atoms with Crippen molar-refractivity contribution in [3.63, 3.8) is 0 Å². The van der Waals surface area contributed by atoms with E-state index in [2.05, 4.69) is 6.07 Å². The molecule has 2 heterocycles. The zero-order valence-electron chi connectivity index (χ0n) is 10.8. The molecule has 1 aliphatic heterocycles. The fourth-order valence-electron chi connectivity index (χ4n) is 2.00. The van der Waals surface area contributed by atoms with Crippen molar-refractivity contribution in [2.75, 3.05) is 30.4 Å². The number of thioether (sulfide) groups is 1. The molecule has 102 valence electrons. The highest BCUT2D eigenvalue weighted by Crippen LogP contribution is 2.33. The SMILES string of the molecule is CCOCCS[C@H]1CCN(c2sccc2C#N)C1=O. The maximum absolute atomic E-state index is 12.3. The Morgan fingerprint density at radius 1 is 1.68 bits per heavy atom. The van der Waals surface area contributed by atoms with Gasteiger partial charge in [-0.25, -0.2) is 0 Å². The molecular weight excluding hydrogens is 280 g/mol. The van der Waals surface area contributed by atoms with Crippen LogP contribution in [0.1, 0.15) is 18.9 Å². The van der Waals surface area contributed by atoms with E-state index in [1.165, 1.54) is 11.3 Å². The molecule has 0 radical (unpaired) electrons. The van der Waals surface area contributed by atoms with Gasteiger partial charge in [-0.1, -0.05) is 0 Å². The molecule has 0 saturated carbocycles. The van der Waals surface area contributed by atoms with Crippen molar-refractivity contribution in [3.05, 3.63) is 17.0 Å². The molecule has 1 fully saturated rings. The van der Waals surface area contributed by atoms with E-state index >= 15 is 0 Å². The smallest absolute Gasteiger partial charge is 0.240 e. The highest BCUT2D eigenvalue weighted by Gasteiger charge is 2.34. The van der Waals surface area contributed by atoms with E-state index in [0.29, 0.717) is 25.3 Å². The van der Waals surface area contributed by atoms with E-state index in [1.807, 2.05) is 12.3 Å². The van der Waals surface area contributed by atoms with Crippen LogP contribution < -0.4 is 4.90 Å². The number of hydrogen-bond donors (Lipinski definition) is 0. The third-order valence-corrected chi connectivity index (χ3v) is 5.10. The molecule has 0 bridgehead atoms. The Balaban J connectivity index is 1.93. The summed E-state index contributed by atoms with van der Waals surface area (Å²) < 4.78 is 5.28. The summed E-state index contributed by atoms with van der Waals surface area (Å²) in [5, 5.41) is 11.7. The zero-order valence-corrected chi connectivity index (χ0v) is 12.4. The van der Waals surface area contributed by atoms with Crippen LogP contribution in [0.2, 0.25) is 0 Å². The summed E-state index contributed by atoms with van der Waals surface area (Å²) in [6.45, 7) is 4.08. The van der Waals surface area contributed by atoms with Crippen LogP contribution in [0.3, 0.4) is 0 Å². The number of carbonyl (C=O) groups is 1. The van der Waals surface area contributed by atoms with Crippen molar-refractivity contribution in [3.8, 4) is 6.07 Å². The Hall–Kier alpha value is -1.03. The van der Waals surface area contributed by atoms with E-state index in [-0.39, 0.29) is 11.2 Å². The minimum Gasteiger partial charge on any atom is -0.381 e. The number of carbonyl (C=O) groups excluding carboxylic acids is 1. The molecule has 4 nitrogen and oxygen atoms in total. The Kier molecular flexibility index (Phi) is 5.25. The van der Waals surface area contributed by atoms with Gasteiger partial charge in [-0.15, -0.1) is 23.1 Å². The van der Waals surface area contributed by atoms with Gasteiger partial charge < -0.3 is 9.64 Å². The lowest BCUT2D eigenvalue weighted by atomic mass is 10.3. The van der Waals surface area contributed by atoms with Crippen molar-refractivity contribution in [2.24, 2.45) is 0 Å². The Morgan fingerprint density at radius 3 is 3.26 bits per heavy atom. The van der Waals surface area contributed by atoms with Crippen LogP contribution in [0.4, 0.5) is 5.00 Å². The normalized spacial score (nSPS) is 18.8. The molecule has 0 N–H and O–H groups in total. The van der Waals surface area contributed by atoms with E-state index in [0.717, 1.165) is 17.2 Å². The van der Waals surface area contributed by atoms with Gasteiger partial charge in [0, 0.05) is 18.9 Å². The van der Waals surface area contributed by atoms with Crippen LogP contribution in [0, 0.1) is 11.3 Å². The number of hydrogen-bond acceptors (Lipinski definition) is 5. The van der Waals surface area contributed by atoms with Gasteiger partial charge in [-0.05, 0) is 24.8 Å². The molecule has 1 atom stereocenters. The predicted molar refractivity (Wildman–Crippen MR) is 78.7 cm³/mol. The van der Waals surface area contributed by atoms with Crippen molar-refractivity contribution >= 4 is 34.0 Å². The highest BCUT2D eigenvalue weighted by atomic mass is 32.2. The first-order valence-electron chi connectivity index (χ1n) is 6.26. The first-order chi connectivity index (χ1) is 9.27. The van der Waals surface area contributed by atoms with Crippen molar-refractivity contribution in [1.29, 1.82) is 5.26 Å². The molecule has 0 spiro atoms. The number of anilines is 1. The molecule has 6 heteroatoms. The molecule has 1 amide bonds. The average molecular weight is 296 g/mol. The average Bonchev–Trinajstić information content (AvgIpc) is 3.01. The maximum Gasteiger partial charge on any atom is 0.240 e. The first-order valence-corrected chi connectivity index (χ1v) is 8.19. The van der Waals surface area contributed by atoms with Gasteiger partial charge >= 0.3 is 0 Å². The van der Waals surface area contributed by atoms with Gasteiger partial charge in [0.2, 0.25) is 5.91 Å². The molecule has 1 saturated heterocycles. The van der Waals surface area contributed by atoms with E-state index in [9.17, 15) is 4.79 Å². The van der Waals surface area contributed by atoms with Crippen LogP contribution in [0.5, 0.6) is 0 Å². The summed E-state index contributed by atoms with van der Waals surface area (Å²) in [6.07, 6.45) is 0.846. The molecule has 1 aliphatic rings. The lowest BCUT2D eigenvalue weighted by Gasteiger charge is -2.15. The minimum atomic E-state index is 0.00842. The standard InChI is InChI=1S/C13H16N2O2S2/c1-2-17-6-8-18-11-3-5-15(12(11)16)13-10(9-14)4-7-19-13/h4,7,11H,2-3,5-6,8H2,1H3/t11-/m0/s1. The van der Waals surface area contributed by atoms with Crippen molar-refractivity contribution in [2.45, 2.75) is 18.6 Å². The summed E-state index contributed by atoms with van der Waals surface area (Å²) in [6, 6.07) is 3.90. The molecule has 1 aromatic rings. The fourth-order valence-corrected chi connectivity index (χ4v) is 3.92. The van der Waals surface area contributed by atoms with Gasteiger partial charge in [0.05, 0.1) is 17.4 Å². The Bertz CT molecular complexity index is 481. The van der Waals surface area contributed by atoms with Crippen LogP contribution in [0.25, 0.3) is 0 Å². The number of amides is 1. The van der Waals surface area contributed by atoms with Crippen LogP contribution in [-0.4, -0.2) is 36.7 Å². The van der Waals surface area contributed by atoms with Gasteiger partial charge in [0.25, 0.3) is 0 Å². The van der Waals surface area contributed by atoms with E-state index in [4.69, 9.17) is 10.00 Å². The monoisotopic (exact) mass is 296 g/mol. The lowest BCUT2D eigenvalue weighted by Crippen LogP contribution is -2.28. The van der Waals surface area contributed by atoms with Crippen molar-refractivity contribution in [1.82, 2.24) is 0 Å². The third-order valence-electron chi connectivity index (χ3n) is 2.92. The second kappa shape index (κ2) is 6.94. The largest absolute Gasteiger partial charge is 0.381 e. The number of nitrogens with zero attached hydrogens (tertiary/aromatic N) is 2. The van der Waals surface area contributed by atoms with Gasteiger partial charge in [0.1, 0.15) is 11.1 Å². The molecular formula is C13H16N2O2S2. The molecule has 2 rings (SSSR count). The highest BCUT2D eigenvalue weighted by molar-refractivity contribution is 8.00. The molecule has 1 aromatic heterocycles. The second-order valence-electron chi connectivity index (χ2n) is 4.09. The number of thiophene rings is 1. The van der Waals surface area contributed by atoms with E-state index < -0.39 is 0 Å². The summed E-state index contributed by atoms with van der Waals surface area (Å²) in [5.41, 5.74) is 0.596. The Labute approximate surface area is 121 Å². The topological polar surface area (TPSA) is 53.3 Å².